The van der Waals surface area contributed by atoms with E-state index in [9.17, 15) is 8.78 Å². The Bertz CT molecular complexity index is 651. The number of benzene rings is 1. The van der Waals surface area contributed by atoms with Gasteiger partial charge in [0, 0.05) is 37.8 Å². The van der Waals surface area contributed by atoms with Crippen LogP contribution in [0.5, 0.6) is 0 Å². The van der Waals surface area contributed by atoms with E-state index in [1.165, 1.54) is 31.5 Å². The van der Waals surface area contributed by atoms with Crippen LogP contribution in [-0.2, 0) is 0 Å². The molecule has 3 rings (SSSR count). The molecule has 1 aromatic carbocycles. The van der Waals surface area contributed by atoms with E-state index in [1.807, 2.05) is 4.90 Å². The fourth-order valence-electron chi connectivity index (χ4n) is 4.06. The average molecular weight is 379 g/mol. The molecule has 7 heteroatoms. The molecule has 0 aliphatic carbocycles. The number of likely N-dealkylation sites (N-methyl/N-ethyl adjacent to an activating group) is 1. The zero-order chi connectivity index (χ0) is 19.2. The van der Waals surface area contributed by atoms with Gasteiger partial charge in [0.2, 0.25) is 0 Å². The zero-order valence-corrected chi connectivity index (χ0v) is 16.3. The second kappa shape index (κ2) is 9.35. The van der Waals surface area contributed by atoms with Gasteiger partial charge in [-0.2, -0.15) is 0 Å². The Hall–Kier alpha value is -1.89. The van der Waals surface area contributed by atoms with Gasteiger partial charge in [0.1, 0.15) is 11.6 Å². The Balaban J connectivity index is 1.57. The van der Waals surface area contributed by atoms with Crippen molar-refractivity contribution >= 4 is 11.6 Å². The molecule has 5 nitrogen and oxygen atoms in total. The van der Waals surface area contributed by atoms with Crippen molar-refractivity contribution in [2.75, 3.05) is 44.2 Å². The molecule has 1 aromatic rings. The van der Waals surface area contributed by atoms with E-state index in [-0.39, 0.29) is 6.04 Å². The summed E-state index contributed by atoms with van der Waals surface area (Å²) in [5.41, 5.74) is 0.465. The summed E-state index contributed by atoms with van der Waals surface area (Å²) in [5, 5.41) is 6.80. The topological polar surface area (TPSA) is 42.9 Å². The van der Waals surface area contributed by atoms with Gasteiger partial charge in [-0.3, -0.25) is 9.89 Å². The number of aliphatic imine (C=N–C) groups is 1. The molecule has 2 atom stereocenters. The molecule has 27 heavy (non-hydrogen) atoms. The number of anilines is 1. The van der Waals surface area contributed by atoms with Crippen LogP contribution in [0.15, 0.2) is 23.2 Å². The maximum atomic E-state index is 14.0. The van der Waals surface area contributed by atoms with E-state index >= 15 is 0 Å². The molecular formula is C20H31F2N5. The summed E-state index contributed by atoms with van der Waals surface area (Å²) in [7, 11) is 0. The highest BCUT2D eigenvalue weighted by molar-refractivity contribution is 5.80. The zero-order valence-electron chi connectivity index (χ0n) is 16.3. The Kier molecular flexibility index (Phi) is 6.88. The molecule has 2 saturated heterocycles. The second-order valence-corrected chi connectivity index (χ2v) is 7.32. The summed E-state index contributed by atoms with van der Waals surface area (Å²) in [4.78, 5) is 9.25. The first-order chi connectivity index (χ1) is 13.1. The minimum absolute atomic E-state index is 0.193. The van der Waals surface area contributed by atoms with Crippen LogP contribution in [0.1, 0.15) is 33.1 Å². The number of nitrogens with one attached hydrogen (secondary N) is 2. The second-order valence-electron chi connectivity index (χ2n) is 7.32. The molecule has 2 heterocycles. The number of halogens is 2. The van der Waals surface area contributed by atoms with Crippen molar-refractivity contribution < 1.29 is 8.78 Å². The maximum Gasteiger partial charge on any atom is 0.191 e. The van der Waals surface area contributed by atoms with E-state index in [0.29, 0.717) is 18.3 Å². The van der Waals surface area contributed by atoms with Gasteiger partial charge in [-0.05, 0) is 51.4 Å². The first-order valence-electron chi connectivity index (χ1n) is 10.1. The van der Waals surface area contributed by atoms with Gasteiger partial charge in [0.25, 0.3) is 0 Å². The molecule has 0 radical (unpaired) electrons. The summed E-state index contributed by atoms with van der Waals surface area (Å²) in [6.07, 6.45) is 3.35. The summed E-state index contributed by atoms with van der Waals surface area (Å²) < 4.78 is 27.2. The number of nitrogens with zero attached hydrogens (tertiary/aromatic N) is 3. The van der Waals surface area contributed by atoms with Crippen LogP contribution in [0.2, 0.25) is 0 Å². The lowest BCUT2D eigenvalue weighted by Crippen LogP contribution is -2.45. The van der Waals surface area contributed by atoms with Crippen molar-refractivity contribution in [2.45, 2.75) is 45.2 Å². The molecule has 2 aliphatic rings. The Morgan fingerprint density at radius 1 is 1.22 bits per heavy atom. The van der Waals surface area contributed by atoms with Crippen LogP contribution < -0.4 is 15.5 Å². The number of rotatable bonds is 6. The van der Waals surface area contributed by atoms with Crippen LogP contribution in [-0.4, -0.2) is 62.2 Å². The molecule has 0 aromatic heterocycles. The first-order valence-corrected chi connectivity index (χ1v) is 10.1. The fourth-order valence-corrected chi connectivity index (χ4v) is 4.06. The molecule has 0 spiro atoms. The number of guanidine groups is 1. The quantitative estimate of drug-likeness (QED) is 0.589. The van der Waals surface area contributed by atoms with Crippen LogP contribution in [0.3, 0.4) is 0 Å². The van der Waals surface area contributed by atoms with Gasteiger partial charge >= 0.3 is 0 Å². The third-order valence-corrected chi connectivity index (χ3v) is 5.49. The normalized spacial score (nSPS) is 23.9. The van der Waals surface area contributed by atoms with Crippen molar-refractivity contribution in [3.63, 3.8) is 0 Å². The Morgan fingerprint density at radius 3 is 2.81 bits per heavy atom. The van der Waals surface area contributed by atoms with Gasteiger partial charge in [-0.15, -0.1) is 0 Å². The Morgan fingerprint density at radius 2 is 2.07 bits per heavy atom. The highest BCUT2D eigenvalue weighted by Gasteiger charge is 2.26. The third-order valence-electron chi connectivity index (χ3n) is 5.49. The molecule has 150 valence electrons. The van der Waals surface area contributed by atoms with E-state index in [0.717, 1.165) is 44.6 Å². The van der Waals surface area contributed by atoms with Crippen molar-refractivity contribution in [3.05, 3.63) is 29.8 Å². The summed E-state index contributed by atoms with van der Waals surface area (Å²) >= 11 is 0. The average Bonchev–Trinajstić information content (AvgIpc) is 3.29. The molecule has 2 aliphatic heterocycles. The van der Waals surface area contributed by atoms with Crippen molar-refractivity contribution in [1.82, 2.24) is 15.5 Å². The van der Waals surface area contributed by atoms with Crippen molar-refractivity contribution in [2.24, 2.45) is 4.99 Å². The van der Waals surface area contributed by atoms with E-state index in [2.05, 4.69) is 29.4 Å². The van der Waals surface area contributed by atoms with Gasteiger partial charge < -0.3 is 15.5 Å². The lowest BCUT2D eigenvalue weighted by atomic mass is 10.2. The van der Waals surface area contributed by atoms with Gasteiger partial charge in [0.15, 0.2) is 5.96 Å². The fraction of sp³-hybridized carbons (Fsp3) is 0.650. The first kappa shape index (κ1) is 19.9. The molecule has 0 bridgehead atoms. The minimum atomic E-state index is -0.542. The number of likely N-dealkylation sites (tertiary alicyclic amines) is 1. The highest BCUT2D eigenvalue weighted by atomic mass is 19.1. The largest absolute Gasteiger partial charge is 0.367 e. The van der Waals surface area contributed by atoms with E-state index in [1.54, 1.807) is 0 Å². The molecule has 0 saturated carbocycles. The van der Waals surface area contributed by atoms with Crippen molar-refractivity contribution in [3.8, 4) is 0 Å². The monoisotopic (exact) mass is 379 g/mol. The van der Waals surface area contributed by atoms with Gasteiger partial charge in [-0.1, -0.05) is 6.92 Å². The standard InChI is InChI=1S/C20H31F2N5/c1-3-23-20(24-13-17-6-5-10-26(17)4-2)25-16-9-11-27(14-16)19-8-7-15(21)12-18(19)22/h7-8,12,16-17H,3-6,9-11,13-14H2,1-2H3,(H2,23,24,25). The number of hydrogen-bond donors (Lipinski definition) is 2. The van der Waals surface area contributed by atoms with Crippen LogP contribution in [0.25, 0.3) is 0 Å². The summed E-state index contributed by atoms with van der Waals surface area (Å²) in [6, 6.07) is 4.50. The van der Waals surface area contributed by atoms with E-state index < -0.39 is 11.6 Å². The lowest BCUT2D eigenvalue weighted by Gasteiger charge is -2.23. The van der Waals surface area contributed by atoms with Crippen LogP contribution >= 0.6 is 0 Å². The van der Waals surface area contributed by atoms with E-state index in [4.69, 9.17) is 4.99 Å². The summed E-state index contributed by atoms with van der Waals surface area (Å²) in [6.45, 7) is 9.52. The highest BCUT2D eigenvalue weighted by Crippen LogP contribution is 2.24. The van der Waals surface area contributed by atoms with Crippen LogP contribution in [0, 0.1) is 11.6 Å². The van der Waals surface area contributed by atoms with Gasteiger partial charge in [0.05, 0.1) is 12.2 Å². The predicted octanol–water partition coefficient (Wildman–Crippen LogP) is 2.58. The number of hydrogen-bond acceptors (Lipinski definition) is 3. The van der Waals surface area contributed by atoms with Gasteiger partial charge in [-0.25, -0.2) is 8.78 Å². The van der Waals surface area contributed by atoms with Crippen molar-refractivity contribution in [1.29, 1.82) is 0 Å². The SMILES string of the molecule is CCNC(=NCC1CCCN1CC)NC1CCN(c2ccc(F)cc2F)C1. The molecular weight excluding hydrogens is 348 g/mol. The predicted molar refractivity (Wildman–Crippen MR) is 106 cm³/mol. The lowest BCUT2D eigenvalue weighted by molar-refractivity contribution is 0.273. The Labute approximate surface area is 160 Å². The third kappa shape index (κ3) is 5.09. The maximum absolute atomic E-state index is 14.0. The minimum Gasteiger partial charge on any atom is -0.367 e. The summed E-state index contributed by atoms with van der Waals surface area (Å²) in [5.74, 6) is -0.219. The van der Waals surface area contributed by atoms with Crippen LogP contribution in [0.4, 0.5) is 14.5 Å². The molecule has 2 fully saturated rings. The smallest absolute Gasteiger partial charge is 0.191 e. The molecule has 2 unspecified atom stereocenters. The molecule has 2 N–H and O–H groups in total. The molecule has 0 amide bonds.